The Labute approximate surface area is 109 Å². The van der Waals surface area contributed by atoms with Crippen LogP contribution in [-0.4, -0.2) is 16.1 Å². The Morgan fingerprint density at radius 1 is 1.41 bits per heavy atom. The number of hydrogen-bond acceptors (Lipinski definition) is 3. The summed E-state index contributed by atoms with van der Waals surface area (Å²) in [4.78, 5) is 11.5. The highest BCUT2D eigenvalue weighted by Crippen LogP contribution is 2.33. The minimum absolute atomic E-state index is 0.582. The maximum absolute atomic E-state index is 10.6. The van der Waals surface area contributed by atoms with Gasteiger partial charge in [0.2, 0.25) is 0 Å². The molecule has 0 aliphatic carbocycles. The fourth-order valence-corrected chi connectivity index (χ4v) is 2.69. The summed E-state index contributed by atoms with van der Waals surface area (Å²) in [7, 11) is 1.89. The highest BCUT2D eigenvalue weighted by Gasteiger charge is 2.08. The van der Waals surface area contributed by atoms with E-state index in [1.54, 1.807) is 12.1 Å². The maximum atomic E-state index is 10.6. The average Bonchev–Trinajstić information content (AvgIpc) is 2.60. The van der Waals surface area contributed by atoms with Crippen molar-refractivity contribution in [2.75, 3.05) is 0 Å². The third-order valence-corrected chi connectivity index (χ3v) is 3.86. The predicted molar refractivity (Wildman–Crippen MR) is 68.9 cm³/mol. The first-order valence-electron chi connectivity index (χ1n) is 5.03. The molecular weight excluding hydrogens is 256 g/mol. The van der Waals surface area contributed by atoms with E-state index >= 15 is 0 Å². The summed E-state index contributed by atoms with van der Waals surface area (Å²) in [5, 5.41) is 5.87. The van der Waals surface area contributed by atoms with Gasteiger partial charge in [-0.2, -0.15) is 5.10 Å². The van der Waals surface area contributed by atoms with Crippen molar-refractivity contribution in [2.24, 2.45) is 7.05 Å². The van der Waals surface area contributed by atoms with Crippen LogP contribution in [0.1, 0.15) is 16.1 Å². The lowest BCUT2D eigenvalue weighted by Gasteiger charge is -2.04. The van der Waals surface area contributed by atoms with Crippen LogP contribution in [0.5, 0.6) is 0 Å². The second-order valence-electron chi connectivity index (χ2n) is 3.66. The molecule has 0 N–H and O–H groups in total. The quantitative estimate of drug-likeness (QED) is 0.799. The molecule has 3 nitrogen and oxygen atoms in total. The summed E-state index contributed by atoms with van der Waals surface area (Å²) in [6.45, 7) is 1.95. The average molecular weight is 267 g/mol. The number of nitrogens with zero attached hydrogens (tertiary/aromatic N) is 2. The van der Waals surface area contributed by atoms with E-state index in [2.05, 4.69) is 5.10 Å². The van der Waals surface area contributed by atoms with E-state index in [4.69, 9.17) is 11.6 Å². The summed E-state index contributed by atoms with van der Waals surface area (Å²) in [5.41, 5.74) is 1.55. The van der Waals surface area contributed by atoms with E-state index in [0.717, 1.165) is 21.9 Å². The predicted octanol–water partition coefficient (Wildman–Crippen LogP) is 3.35. The molecule has 0 radical (unpaired) electrons. The summed E-state index contributed by atoms with van der Waals surface area (Å²) < 4.78 is 1.81. The first kappa shape index (κ1) is 12.2. The maximum Gasteiger partial charge on any atom is 0.150 e. The standard InChI is InChI=1S/C12H11ClN2OS/c1-8-5-12(15(2)14-8)17-11-4-3-9(7-16)6-10(11)13/h3-7H,1-2H3. The number of hydrogen-bond donors (Lipinski definition) is 0. The Kier molecular flexibility index (Phi) is 3.54. The summed E-state index contributed by atoms with van der Waals surface area (Å²) >= 11 is 7.64. The van der Waals surface area contributed by atoms with E-state index in [9.17, 15) is 4.79 Å². The fourth-order valence-electron chi connectivity index (χ4n) is 1.47. The van der Waals surface area contributed by atoms with Gasteiger partial charge >= 0.3 is 0 Å². The molecular formula is C12H11ClN2OS. The number of benzene rings is 1. The number of halogens is 1. The number of carbonyl (C=O) groups excluding carboxylic acids is 1. The molecule has 0 saturated heterocycles. The lowest BCUT2D eigenvalue weighted by molar-refractivity contribution is 0.112. The molecule has 0 amide bonds. The van der Waals surface area contributed by atoms with Crippen LogP contribution in [0.4, 0.5) is 0 Å². The molecule has 1 aromatic heterocycles. The third kappa shape index (κ3) is 2.70. The monoisotopic (exact) mass is 266 g/mol. The smallest absolute Gasteiger partial charge is 0.150 e. The third-order valence-electron chi connectivity index (χ3n) is 2.27. The Morgan fingerprint density at radius 3 is 2.71 bits per heavy atom. The lowest BCUT2D eigenvalue weighted by atomic mass is 10.2. The van der Waals surface area contributed by atoms with Crippen LogP contribution in [0.2, 0.25) is 5.02 Å². The second kappa shape index (κ2) is 4.94. The largest absolute Gasteiger partial charge is 0.298 e. The lowest BCUT2D eigenvalue weighted by Crippen LogP contribution is -1.92. The van der Waals surface area contributed by atoms with Crippen molar-refractivity contribution < 1.29 is 4.79 Å². The van der Waals surface area contributed by atoms with Gasteiger partial charge < -0.3 is 0 Å². The van der Waals surface area contributed by atoms with Gasteiger partial charge in [0.1, 0.15) is 6.29 Å². The van der Waals surface area contributed by atoms with Gasteiger partial charge in [-0.1, -0.05) is 29.4 Å². The Hall–Kier alpha value is -1.26. The normalized spacial score (nSPS) is 10.5. The molecule has 0 aliphatic heterocycles. The zero-order valence-corrected chi connectivity index (χ0v) is 11.0. The molecule has 0 aliphatic rings. The molecule has 17 heavy (non-hydrogen) atoms. The molecule has 5 heteroatoms. The van der Waals surface area contributed by atoms with Crippen molar-refractivity contribution >= 4 is 29.6 Å². The molecule has 0 fully saturated rings. The van der Waals surface area contributed by atoms with Crippen molar-refractivity contribution in [3.63, 3.8) is 0 Å². The molecule has 1 aromatic carbocycles. The number of carbonyl (C=O) groups is 1. The van der Waals surface area contributed by atoms with E-state index in [0.29, 0.717) is 10.6 Å². The zero-order valence-electron chi connectivity index (χ0n) is 9.48. The van der Waals surface area contributed by atoms with Gasteiger partial charge in [-0.25, -0.2) is 0 Å². The molecule has 88 valence electrons. The van der Waals surface area contributed by atoms with Gasteiger partial charge in [0.15, 0.2) is 0 Å². The van der Waals surface area contributed by atoms with Crippen molar-refractivity contribution in [3.8, 4) is 0 Å². The summed E-state index contributed by atoms with van der Waals surface area (Å²) in [6.07, 6.45) is 0.786. The number of aldehydes is 1. The van der Waals surface area contributed by atoms with E-state index < -0.39 is 0 Å². The fraction of sp³-hybridized carbons (Fsp3) is 0.167. The van der Waals surface area contributed by atoms with Gasteiger partial charge in [-0.05, 0) is 25.1 Å². The van der Waals surface area contributed by atoms with Crippen LogP contribution in [0.3, 0.4) is 0 Å². The Balaban J connectivity index is 2.30. The molecule has 0 spiro atoms. The van der Waals surface area contributed by atoms with Gasteiger partial charge in [0.25, 0.3) is 0 Å². The molecule has 0 saturated carbocycles. The highest BCUT2D eigenvalue weighted by molar-refractivity contribution is 7.99. The summed E-state index contributed by atoms with van der Waals surface area (Å²) in [6, 6.07) is 7.26. The number of aromatic nitrogens is 2. The first-order chi connectivity index (χ1) is 8.10. The number of rotatable bonds is 3. The molecule has 2 aromatic rings. The molecule has 0 unspecified atom stereocenters. The van der Waals surface area contributed by atoms with E-state index in [-0.39, 0.29) is 0 Å². The van der Waals surface area contributed by atoms with Gasteiger partial charge in [-0.3, -0.25) is 9.48 Å². The second-order valence-corrected chi connectivity index (χ2v) is 5.13. The Morgan fingerprint density at radius 2 is 2.18 bits per heavy atom. The van der Waals surface area contributed by atoms with Crippen LogP contribution in [0, 0.1) is 6.92 Å². The Bertz CT molecular complexity index is 566. The van der Waals surface area contributed by atoms with Gasteiger partial charge in [0.05, 0.1) is 15.7 Å². The van der Waals surface area contributed by atoms with Crippen molar-refractivity contribution in [3.05, 3.63) is 40.5 Å². The highest BCUT2D eigenvalue weighted by atomic mass is 35.5. The van der Waals surface area contributed by atoms with Crippen molar-refractivity contribution in [2.45, 2.75) is 16.8 Å². The molecule has 0 bridgehead atoms. The topological polar surface area (TPSA) is 34.9 Å². The van der Waals surface area contributed by atoms with E-state index in [1.807, 2.05) is 30.8 Å². The van der Waals surface area contributed by atoms with E-state index in [1.165, 1.54) is 11.8 Å². The van der Waals surface area contributed by atoms with Crippen molar-refractivity contribution in [1.29, 1.82) is 0 Å². The van der Waals surface area contributed by atoms with Crippen LogP contribution < -0.4 is 0 Å². The minimum atomic E-state index is 0.582. The van der Waals surface area contributed by atoms with Crippen LogP contribution >= 0.6 is 23.4 Å². The van der Waals surface area contributed by atoms with Crippen molar-refractivity contribution in [1.82, 2.24) is 9.78 Å². The van der Waals surface area contributed by atoms with Crippen LogP contribution in [0.15, 0.2) is 34.2 Å². The SMILES string of the molecule is Cc1cc(Sc2ccc(C=O)cc2Cl)n(C)n1. The van der Waals surface area contributed by atoms with Crippen LogP contribution in [-0.2, 0) is 7.05 Å². The van der Waals surface area contributed by atoms with Gasteiger partial charge in [-0.15, -0.1) is 0 Å². The number of aryl methyl sites for hydroxylation is 2. The molecule has 0 atom stereocenters. The zero-order chi connectivity index (χ0) is 12.4. The molecule has 1 heterocycles. The summed E-state index contributed by atoms with van der Waals surface area (Å²) in [5.74, 6) is 0. The van der Waals surface area contributed by atoms with Crippen LogP contribution in [0.25, 0.3) is 0 Å². The minimum Gasteiger partial charge on any atom is -0.298 e. The first-order valence-corrected chi connectivity index (χ1v) is 6.23. The van der Waals surface area contributed by atoms with Gasteiger partial charge in [0, 0.05) is 17.5 Å². The molecule has 2 rings (SSSR count).